The highest BCUT2D eigenvalue weighted by atomic mass is 16.3. The number of hydrogen-bond donors (Lipinski definition) is 3. The molecule has 0 amide bonds. The van der Waals surface area contributed by atoms with Crippen LogP contribution in [0.25, 0.3) is 0 Å². The van der Waals surface area contributed by atoms with E-state index in [4.69, 9.17) is 0 Å². The van der Waals surface area contributed by atoms with Gasteiger partial charge in [-0.15, -0.1) is 0 Å². The van der Waals surface area contributed by atoms with Crippen molar-refractivity contribution < 1.29 is 10.2 Å². The van der Waals surface area contributed by atoms with Crippen LogP contribution in [-0.2, 0) is 12.8 Å². The number of phenols is 1. The third-order valence-electron chi connectivity index (χ3n) is 3.11. The van der Waals surface area contributed by atoms with Gasteiger partial charge in [0.05, 0.1) is 6.10 Å². The molecule has 1 aromatic rings. The van der Waals surface area contributed by atoms with E-state index >= 15 is 0 Å². The van der Waals surface area contributed by atoms with Crippen LogP contribution in [0.5, 0.6) is 5.75 Å². The molecule has 1 aliphatic carbocycles. The van der Waals surface area contributed by atoms with Gasteiger partial charge >= 0.3 is 0 Å². The third-order valence-corrected chi connectivity index (χ3v) is 3.11. The fourth-order valence-electron chi connectivity index (χ4n) is 2.37. The molecule has 0 bridgehead atoms. The molecule has 0 aromatic heterocycles. The molecular formula is C13H19NO2. The average molecular weight is 221 g/mol. The van der Waals surface area contributed by atoms with Crippen LogP contribution in [0, 0.1) is 0 Å². The summed E-state index contributed by atoms with van der Waals surface area (Å²) in [5.74, 6) is 0.347. The van der Waals surface area contributed by atoms with Gasteiger partial charge in [-0.3, -0.25) is 0 Å². The van der Waals surface area contributed by atoms with Gasteiger partial charge in [0.15, 0.2) is 0 Å². The normalized spacial score (nSPS) is 24.5. The number of fused-ring (bicyclic) bond motifs is 1. The van der Waals surface area contributed by atoms with Crippen LogP contribution < -0.4 is 5.32 Å². The number of aromatic hydroxyl groups is 1. The van der Waals surface area contributed by atoms with E-state index in [2.05, 4.69) is 19.2 Å². The lowest BCUT2D eigenvalue weighted by Crippen LogP contribution is -2.48. The van der Waals surface area contributed by atoms with Gasteiger partial charge in [-0.2, -0.15) is 0 Å². The van der Waals surface area contributed by atoms with E-state index in [-0.39, 0.29) is 12.1 Å². The Labute approximate surface area is 96.1 Å². The second kappa shape index (κ2) is 4.44. The minimum Gasteiger partial charge on any atom is -0.508 e. The molecule has 1 aromatic carbocycles. The highest BCUT2D eigenvalue weighted by Gasteiger charge is 2.28. The SMILES string of the molecule is CC(C)NC1Cc2c(O)cccc2CC1O. The van der Waals surface area contributed by atoms with Gasteiger partial charge < -0.3 is 15.5 Å². The Morgan fingerprint density at radius 1 is 1.31 bits per heavy atom. The fraction of sp³-hybridized carbons (Fsp3) is 0.538. The molecule has 0 aliphatic heterocycles. The number of benzene rings is 1. The van der Waals surface area contributed by atoms with Crippen LogP contribution in [-0.4, -0.2) is 28.4 Å². The van der Waals surface area contributed by atoms with Gasteiger partial charge in [-0.05, 0) is 23.6 Å². The number of nitrogens with one attached hydrogen (secondary N) is 1. The van der Waals surface area contributed by atoms with Gasteiger partial charge in [0.1, 0.15) is 5.75 Å². The minimum atomic E-state index is -0.364. The van der Waals surface area contributed by atoms with Crippen LogP contribution in [0.2, 0.25) is 0 Å². The predicted octanol–water partition coefficient (Wildman–Crippen LogP) is 1.22. The standard InChI is InChI=1S/C13H19NO2/c1-8(2)14-11-7-10-9(6-13(11)16)4-3-5-12(10)15/h3-5,8,11,13-16H,6-7H2,1-2H3. The Morgan fingerprint density at radius 2 is 2.06 bits per heavy atom. The fourth-order valence-corrected chi connectivity index (χ4v) is 2.37. The molecule has 0 saturated heterocycles. The van der Waals surface area contributed by atoms with Gasteiger partial charge in [0.2, 0.25) is 0 Å². The van der Waals surface area contributed by atoms with Crippen molar-refractivity contribution in [2.45, 2.75) is 44.9 Å². The largest absolute Gasteiger partial charge is 0.508 e. The summed E-state index contributed by atoms with van der Waals surface area (Å²) in [5.41, 5.74) is 2.04. The molecule has 16 heavy (non-hydrogen) atoms. The molecule has 0 fully saturated rings. The van der Waals surface area contributed by atoms with Crippen molar-refractivity contribution in [1.82, 2.24) is 5.32 Å². The zero-order valence-electron chi connectivity index (χ0n) is 9.77. The van der Waals surface area contributed by atoms with Crippen molar-refractivity contribution >= 4 is 0 Å². The lowest BCUT2D eigenvalue weighted by Gasteiger charge is -2.32. The average Bonchev–Trinajstić information content (AvgIpc) is 2.20. The van der Waals surface area contributed by atoms with Gasteiger partial charge in [-0.1, -0.05) is 26.0 Å². The van der Waals surface area contributed by atoms with Gasteiger partial charge in [-0.25, -0.2) is 0 Å². The molecule has 0 radical (unpaired) electrons. The van der Waals surface area contributed by atoms with Crippen LogP contribution >= 0.6 is 0 Å². The highest BCUT2D eigenvalue weighted by molar-refractivity contribution is 5.42. The first kappa shape index (κ1) is 11.4. The first-order valence-corrected chi connectivity index (χ1v) is 5.81. The first-order chi connectivity index (χ1) is 7.58. The summed E-state index contributed by atoms with van der Waals surface area (Å²) in [5, 5.41) is 23.1. The maximum atomic E-state index is 10.0. The summed E-state index contributed by atoms with van der Waals surface area (Å²) in [6, 6.07) is 5.90. The van der Waals surface area contributed by atoms with Crippen molar-refractivity contribution in [3.63, 3.8) is 0 Å². The number of phenolic OH excluding ortho intramolecular Hbond substituents is 1. The Bertz CT molecular complexity index is 376. The molecule has 3 N–H and O–H groups in total. The van der Waals surface area contributed by atoms with Crippen LogP contribution in [0.1, 0.15) is 25.0 Å². The van der Waals surface area contributed by atoms with E-state index in [0.29, 0.717) is 24.6 Å². The third kappa shape index (κ3) is 2.20. The molecular weight excluding hydrogens is 202 g/mol. The van der Waals surface area contributed by atoms with E-state index in [0.717, 1.165) is 11.1 Å². The molecule has 0 spiro atoms. The second-order valence-electron chi connectivity index (χ2n) is 4.82. The summed E-state index contributed by atoms with van der Waals surface area (Å²) < 4.78 is 0. The topological polar surface area (TPSA) is 52.5 Å². The minimum absolute atomic E-state index is 0.0424. The summed E-state index contributed by atoms with van der Waals surface area (Å²) in [4.78, 5) is 0. The summed E-state index contributed by atoms with van der Waals surface area (Å²) in [7, 11) is 0. The predicted molar refractivity (Wildman–Crippen MR) is 63.6 cm³/mol. The Hall–Kier alpha value is -1.06. The zero-order chi connectivity index (χ0) is 11.7. The maximum Gasteiger partial charge on any atom is 0.119 e. The molecule has 1 aliphatic rings. The smallest absolute Gasteiger partial charge is 0.119 e. The van der Waals surface area contributed by atoms with E-state index in [1.165, 1.54) is 0 Å². The van der Waals surface area contributed by atoms with Crippen molar-refractivity contribution in [1.29, 1.82) is 0 Å². The molecule has 3 heteroatoms. The van der Waals surface area contributed by atoms with Crippen LogP contribution in [0.3, 0.4) is 0 Å². The van der Waals surface area contributed by atoms with E-state index in [9.17, 15) is 10.2 Å². The molecule has 2 unspecified atom stereocenters. The second-order valence-corrected chi connectivity index (χ2v) is 4.82. The van der Waals surface area contributed by atoms with Crippen LogP contribution in [0.15, 0.2) is 18.2 Å². The summed E-state index contributed by atoms with van der Waals surface area (Å²) in [6.07, 6.45) is 0.951. The Kier molecular flexibility index (Phi) is 3.17. The van der Waals surface area contributed by atoms with E-state index in [1.807, 2.05) is 12.1 Å². The molecule has 2 atom stereocenters. The monoisotopic (exact) mass is 221 g/mol. The zero-order valence-corrected chi connectivity index (χ0v) is 9.77. The highest BCUT2D eigenvalue weighted by Crippen LogP contribution is 2.29. The van der Waals surface area contributed by atoms with Crippen LogP contribution in [0.4, 0.5) is 0 Å². The number of aliphatic hydroxyl groups is 1. The van der Waals surface area contributed by atoms with Gasteiger partial charge in [0, 0.05) is 18.5 Å². The summed E-state index contributed by atoms with van der Waals surface area (Å²) in [6.45, 7) is 4.13. The lowest BCUT2D eigenvalue weighted by atomic mass is 9.85. The van der Waals surface area contributed by atoms with E-state index < -0.39 is 0 Å². The Morgan fingerprint density at radius 3 is 2.75 bits per heavy atom. The molecule has 88 valence electrons. The van der Waals surface area contributed by atoms with Crippen molar-refractivity contribution in [2.24, 2.45) is 0 Å². The molecule has 2 rings (SSSR count). The first-order valence-electron chi connectivity index (χ1n) is 5.81. The maximum absolute atomic E-state index is 10.0. The van der Waals surface area contributed by atoms with Crippen molar-refractivity contribution in [3.8, 4) is 5.75 Å². The molecule has 0 saturated carbocycles. The number of rotatable bonds is 2. The molecule has 0 heterocycles. The Balaban J connectivity index is 2.23. The van der Waals surface area contributed by atoms with Crippen molar-refractivity contribution in [2.75, 3.05) is 0 Å². The lowest BCUT2D eigenvalue weighted by molar-refractivity contribution is 0.114. The summed E-state index contributed by atoms with van der Waals surface area (Å²) >= 11 is 0. The quantitative estimate of drug-likeness (QED) is 0.704. The van der Waals surface area contributed by atoms with E-state index in [1.54, 1.807) is 6.07 Å². The van der Waals surface area contributed by atoms with Crippen molar-refractivity contribution in [3.05, 3.63) is 29.3 Å². The number of hydrogen-bond acceptors (Lipinski definition) is 3. The van der Waals surface area contributed by atoms with Gasteiger partial charge in [0.25, 0.3) is 0 Å². The number of aliphatic hydroxyl groups excluding tert-OH is 1. The molecule has 3 nitrogen and oxygen atoms in total.